The predicted octanol–water partition coefficient (Wildman–Crippen LogP) is 16.2. The van der Waals surface area contributed by atoms with Crippen LogP contribution in [-0.4, -0.2) is 9.55 Å². The summed E-state index contributed by atoms with van der Waals surface area (Å²) in [7, 11) is 0. The average Bonchev–Trinajstić information content (AvgIpc) is 3.87. The van der Waals surface area contributed by atoms with Crippen molar-refractivity contribution in [3.8, 4) is 50.7 Å². The molecule has 0 spiro atoms. The molecule has 0 bridgehead atoms. The van der Waals surface area contributed by atoms with Gasteiger partial charge < -0.3 is 19.1 Å². The minimum absolute atomic E-state index is 0. The third-order valence-electron chi connectivity index (χ3n) is 12.5. The zero-order valence-electron chi connectivity index (χ0n) is 38.1. The molecule has 0 N–H and O–H groups in total. The quantitative estimate of drug-likeness (QED) is 0.142. The van der Waals surface area contributed by atoms with Gasteiger partial charge in [-0.15, -0.1) is 53.6 Å². The van der Waals surface area contributed by atoms with Gasteiger partial charge in [-0.1, -0.05) is 128 Å². The van der Waals surface area contributed by atoms with E-state index in [2.05, 4.69) is 147 Å². The number of nitrogens with zero attached hydrogens (tertiary/aromatic N) is 4. The SMILES string of the molecule is Cc1cc(C)cc(-c2cc(Oc3[c-]c4c(cc3)c3ccccc3n4-c3cc(C(C)(C)C)ccn3)[c-]c(N3[CH-]N(c4c(-c5ccc(F)cc5)cccc4-c4ccc(F)cc4)c4ccccc43)c2)c1.[Pt]. The summed E-state index contributed by atoms with van der Waals surface area (Å²) in [5, 5.41) is 2.15. The van der Waals surface area contributed by atoms with Gasteiger partial charge in [0.25, 0.3) is 0 Å². The van der Waals surface area contributed by atoms with Crippen molar-refractivity contribution in [1.29, 1.82) is 0 Å². The van der Waals surface area contributed by atoms with Crippen LogP contribution in [-0.2, 0) is 26.5 Å². The number of pyridine rings is 1. The van der Waals surface area contributed by atoms with Crippen LogP contribution in [0.3, 0.4) is 0 Å². The van der Waals surface area contributed by atoms with E-state index in [-0.39, 0.29) is 38.1 Å². The van der Waals surface area contributed by atoms with E-state index in [1.807, 2.05) is 48.7 Å². The normalized spacial score (nSPS) is 12.4. The topological polar surface area (TPSA) is 33.5 Å². The Balaban J connectivity index is 0.00000539. The number of anilines is 4. The largest absolute Gasteiger partial charge is 0.509 e. The molecule has 8 aromatic carbocycles. The zero-order chi connectivity index (χ0) is 46.0. The van der Waals surface area contributed by atoms with Crippen molar-refractivity contribution in [2.45, 2.75) is 40.0 Å². The fourth-order valence-electron chi connectivity index (χ4n) is 9.33. The standard InChI is InChI=1S/C60H45F2N4O.Pt/c1-38-29-39(2)31-42(30-38)43-32-47(35-49(33-43)67-48-25-26-53-52-11-6-7-14-54(52)66(57(53)36-48)58-34-44(27-28-63-58)60(3,4)5)64-37-65(56-16-9-8-15-55(56)64)59-50(40-17-21-45(61)22-18-40)12-10-13-51(59)41-19-23-46(62)24-20-41;/h6-34,37H,1-5H3;/q-3;. The second-order valence-electron chi connectivity index (χ2n) is 18.2. The van der Waals surface area contributed by atoms with Gasteiger partial charge in [0.1, 0.15) is 17.5 Å². The van der Waals surface area contributed by atoms with E-state index < -0.39 is 0 Å². The van der Waals surface area contributed by atoms with Crippen LogP contribution in [0.15, 0.2) is 176 Å². The van der Waals surface area contributed by atoms with Gasteiger partial charge in [-0.25, -0.2) is 13.8 Å². The summed E-state index contributed by atoms with van der Waals surface area (Å²) in [6.45, 7) is 12.9. The third kappa shape index (κ3) is 8.26. The van der Waals surface area contributed by atoms with E-state index in [0.717, 1.165) is 94.9 Å². The molecule has 0 atom stereocenters. The number of halogens is 2. The van der Waals surface area contributed by atoms with Crippen molar-refractivity contribution in [2.24, 2.45) is 0 Å². The smallest absolute Gasteiger partial charge is 0.135 e. The van der Waals surface area contributed by atoms with Gasteiger partial charge in [0.05, 0.1) is 0 Å². The summed E-state index contributed by atoms with van der Waals surface area (Å²) in [6, 6.07) is 62.1. The van der Waals surface area contributed by atoms with Crippen molar-refractivity contribution < 1.29 is 34.6 Å². The van der Waals surface area contributed by atoms with Gasteiger partial charge in [-0.3, -0.25) is 0 Å². The summed E-state index contributed by atoms with van der Waals surface area (Å²) < 4.78 is 37.8. The van der Waals surface area contributed by atoms with Crippen LogP contribution in [0.2, 0.25) is 0 Å². The van der Waals surface area contributed by atoms with Crippen LogP contribution in [0.1, 0.15) is 37.5 Å². The summed E-state index contributed by atoms with van der Waals surface area (Å²) in [5.41, 5.74) is 14.2. The molecule has 3 heterocycles. The molecule has 338 valence electrons. The van der Waals surface area contributed by atoms with E-state index in [1.54, 1.807) is 24.3 Å². The Bertz CT molecular complexity index is 3440. The summed E-state index contributed by atoms with van der Waals surface area (Å²) in [4.78, 5) is 9.16. The number of ether oxygens (including phenoxy) is 1. The van der Waals surface area contributed by atoms with Gasteiger partial charge >= 0.3 is 0 Å². The molecule has 0 fully saturated rings. The molecule has 2 aromatic heterocycles. The number of para-hydroxylation sites is 4. The zero-order valence-corrected chi connectivity index (χ0v) is 40.4. The number of hydrogen-bond donors (Lipinski definition) is 0. The molecular weight excluding hydrogens is 1030 g/mol. The van der Waals surface area contributed by atoms with Crippen molar-refractivity contribution >= 4 is 44.6 Å². The van der Waals surface area contributed by atoms with E-state index in [1.165, 1.54) is 29.8 Å². The first-order valence-corrected chi connectivity index (χ1v) is 22.4. The maximum Gasteiger partial charge on any atom is 0.135 e. The maximum absolute atomic E-state index is 14.4. The minimum Gasteiger partial charge on any atom is -0.509 e. The monoisotopic (exact) mass is 1070 g/mol. The molecule has 0 radical (unpaired) electrons. The van der Waals surface area contributed by atoms with Crippen molar-refractivity contribution in [3.05, 3.63) is 223 Å². The fourth-order valence-corrected chi connectivity index (χ4v) is 9.33. The third-order valence-corrected chi connectivity index (χ3v) is 12.5. The fraction of sp³-hybridized carbons (Fsp3) is 0.100. The van der Waals surface area contributed by atoms with E-state index in [0.29, 0.717) is 11.5 Å². The van der Waals surface area contributed by atoms with Gasteiger partial charge in [0, 0.05) is 72.5 Å². The molecule has 10 aromatic rings. The number of aryl methyl sites for hydroxylation is 2. The number of hydrogen-bond acceptors (Lipinski definition) is 4. The number of benzene rings is 8. The Morgan fingerprint density at radius 2 is 1.18 bits per heavy atom. The number of aromatic nitrogens is 2. The second-order valence-corrected chi connectivity index (χ2v) is 18.2. The minimum atomic E-state index is -0.315. The van der Waals surface area contributed by atoms with Crippen LogP contribution in [0.25, 0.3) is 61.0 Å². The Morgan fingerprint density at radius 1 is 0.559 bits per heavy atom. The second kappa shape index (κ2) is 17.7. The van der Waals surface area contributed by atoms with Crippen LogP contribution in [0.5, 0.6) is 11.5 Å². The van der Waals surface area contributed by atoms with Crippen LogP contribution in [0, 0.1) is 44.3 Å². The van der Waals surface area contributed by atoms with E-state index in [9.17, 15) is 8.78 Å². The number of fused-ring (bicyclic) bond motifs is 4. The molecule has 1 aliphatic rings. The Morgan fingerprint density at radius 3 is 1.84 bits per heavy atom. The Kier molecular flexibility index (Phi) is 11.6. The molecule has 0 saturated heterocycles. The van der Waals surface area contributed by atoms with E-state index in [4.69, 9.17) is 9.72 Å². The molecule has 8 heteroatoms. The van der Waals surface area contributed by atoms with Gasteiger partial charge in [0.15, 0.2) is 0 Å². The molecule has 0 unspecified atom stereocenters. The van der Waals surface area contributed by atoms with Crippen molar-refractivity contribution in [1.82, 2.24) is 9.55 Å². The van der Waals surface area contributed by atoms with Crippen LogP contribution >= 0.6 is 0 Å². The summed E-state index contributed by atoms with van der Waals surface area (Å²) >= 11 is 0. The molecule has 68 heavy (non-hydrogen) atoms. The summed E-state index contributed by atoms with van der Waals surface area (Å²) in [6.07, 6.45) is 1.88. The molecular formula is C60H45F2N4OPt-3. The van der Waals surface area contributed by atoms with Crippen LogP contribution < -0.4 is 14.5 Å². The van der Waals surface area contributed by atoms with Crippen LogP contribution in [0.4, 0.5) is 31.5 Å². The first kappa shape index (κ1) is 44.5. The van der Waals surface area contributed by atoms with Crippen molar-refractivity contribution in [2.75, 3.05) is 9.80 Å². The molecule has 0 saturated carbocycles. The van der Waals surface area contributed by atoms with E-state index >= 15 is 0 Å². The molecule has 1 aliphatic heterocycles. The Hall–Kier alpha value is -7.34. The Labute approximate surface area is 410 Å². The molecule has 5 nitrogen and oxygen atoms in total. The predicted molar refractivity (Wildman–Crippen MR) is 269 cm³/mol. The number of rotatable bonds is 8. The van der Waals surface area contributed by atoms with Crippen molar-refractivity contribution in [3.63, 3.8) is 0 Å². The van der Waals surface area contributed by atoms with Gasteiger partial charge in [-0.2, -0.15) is 6.07 Å². The molecule has 11 rings (SSSR count). The first-order valence-electron chi connectivity index (χ1n) is 22.4. The average molecular weight is 1070 g/mol. The van der Waals surface area contributed by atoms with Gasteiger partial charge in [-0.05, 0) is 101 Å². The first-order chi connectivity index (χ1) is 32.4. The molecule has 0 amide bonds. The molecule has 0 aliphatic carbocycles. The van der Waals surface area contributed by atoms with Gasteiger partial charge in [0.2, 0.25) is 0 Å². The summed E-state index contributed by atoms with van der Waals surface area (Å²) in [5.74, 6) is 1.23. The maximum atomic E-state index is 14.4.